The number of hydrogen-bond acceptors (Lipinski definition) is 2. The lowest BCUT2D eigenvalue weighted by Gasteiger charge is -2.12. The fourth-order valence-corrected chi connectivity index (χ4v) is 2.35. The van der Waals surface area contributed by atoms with E-state index in [1.54, 1.807) is 12.1 Å². The van der Waals surface area contributed by atoms with Gasteiger partial charge in [0.15, 0.2) is 0 Å². The van der Waals surface area contributed by atoms with E-state index in [0.29, 0.717) is 23.2 Å². The lowest BCUT2D eigenvalue weighted by atomic mass is 10.1. The van der Waals surface area contributed by atoms with Crippen LogP contribution in [-0.2, 0) is 0 Å². The van der Waals surface area contributed by atoms with Crippen molar-refractivity contribution in [1.29, 1.82) is 0 Å². The number of hydrogen-bond donors (Lipinski definition) is 2. The van der Waals surface area contributed by atoms with Gasteiger partial charge in [-0.05, 0) is 50.1 Å². The molecule has 1 fully saturated rings. The standard InChI is InChI=1S/C13H17ClN2O.ClH/c1-9-7-10(14)4-5-12(9)13(17)16-8-11-3-2-6-15-11;/h4-5,7,11,15H,2-3,6,8H2,1H3,(H,16,17);1H. The molecule has 5 heteroatoms. The first kappa shape index (κ1) is 15.3. The van der Waals surface area contributed by atoms with Crippen LogP contribution in [0, 0.1) is 6.92 Å². The van der Waals surface area contributed by atoms with Crippen molar-refractivity contribution in [1.82, 2.24) is 10.6 Å². The first-order valence-electron chi connectivity index (χ1n) is 5.94. The molecule has 2 N–H and O–H groups in total. The second-order valence-electron chi connectivity index (χ2n) is 4.46. The molecule has 1 aromatic rings. The van der Waals surface area contributed by atoms with E-state index < -0.39 is 0 Å². The monoisotopic (exact) mass is 288 g/mol. The van der Waals surface area contributed by atoms with Gasteiger partial charge in [0, 0.05) is 23.2 Å². The summed E-state index contributed by atoms with van der Waals surface area (Å²) in [5.41, 5.74) is 1.61. The Morgan fingerprint density at radius 2 is 2.33 bits per heavy atom. The Morgan fingerprint density at radius 3 is 2.94 bits per heavy atom. The third-order valence-corrected chi connectivity index (χ3v) is 3.34. The molecule has 1 aliphatic heterocycles. The SMILES string of the molecule is Cc1cc(Cl)ccc1C(=O)NCC1CCCN1.Cl. The van der Waals surface area contributed by atoms with Crippen LogP contribution in [0.25, 0.3) is 0 Å². The minimum absolute atomic E-state index is 0. The first-order chi connectivity index (χ1) is 8.16. The smallest absolute Gasteiger partial charge is 0.251 e. The maximum Gasteiger partial charge on any atom is 0.251 e. The van der Waals surface area contributed by atoms with Crippen molar-refractivity contribution in [2.75, 3.05) is 13.1 Å². The summed E-state index contributed by atoms with van der Waals surface area (Å²) in [6, 6.07) is 5.75. The van der Waals surface area contributed by atoms with E-state index >= 15 is 0 Å². The molecule has 1 aromatic carbocycles. The molecule has 18 heavy (non-hydrogen) atoms. The minimum Gasteiger partial charge on any atom is -0.350 e. The summed E-state index contributed by atoms with van der Waals surface area (Å²) in [6.07, 6.45) is 2.33. The van der Waals surface area contributed by atoms with Crippen molar-refractivity contribution in [2.24, 2.45) is 0 Å². The van der Waals surface area contributed by atoms with E-state index in [9.17, 15) is 4.79 Å². The zero-order valence-electron chi connectivity index (χ0n) is 10.3. The zero-order valence-corrected chi connectivity index (χ0v) is 11.9. The van der Waals surface area contributed by atoms with Gasteiger partial charge >= 0.3 is 0 Å². The normalized spacial score (nSPS) is 18.2. The van der Waals surface area contributed by atoms with Gasteiger partial charge in [-0.25, -0.2) is 0 Å². The topological polar surface area (TPSA) is 41.1 Å². The molecule has 1 heterocycles. The summed E-state index contributed by atoms with van der Waals surface area (Å²) in [4.78, 5) is 12.0. The van der Waals surface area contributed by atoms with Crippen molar-refractivity contribution in [3.63, 3.8) is 0 Å². The molecule has 1 aliphatic rings. The molecule has 0 saturated carbocycles. The van der Waals surface area contributed by atoms with Crippen LogP contribution in [0.4, 0.5) is 0 Å². The molecule has 0 aromatic heterocycles. The van der Waals surface area contributed by atoms with Crippen LogP contribution < -0.4 is 10.6 Å². The average Bonchev–Trinajstić information content (AvgIpc) is 2.78. The third-order valence-electron chi connectivity index (χ3n) is 3.10. The summed E-state index contributed by atoms with van der Waals surface area (Å²) < 4.78 is 0. The summed E-state index contributed by atoms with van der Waals surface area (Å²) >= 11 is 5.86. The van der Waals surface area contributed by atoms with Crippen LogP contribution in [0.3, 0.4) is 0 Å². The molecule has 0 radical (unpaired) electrons. The van der Waals surface area contributed by atoms with Crippen molar-refractivity contribution in [3.8, 4) is 0 Å². The highest BCUT2D eigenvalue weighted by molar-refractivity contribution is 6.30. The third kappa shape index (κ3) is 3.87. The van der Waals surface area contributed by atoms with Crippen molar-refractivity contribution in [2.45, 2.75) is 25.8 Å². The number of amides is 1. The van der Waals surface area contributed by atoms with Gasteiger partial charge < -0.3 is 10.6 Å². The van der Waals surface area contributed by atoms with Gasteiger partial charge in [-0.1, -0.05) is 11.6 Å². The van der Waals surface area contributed by atoms with Gasteiger partial charge in [0.25, 0.3) is 5.91 Å². The molecule has 1 atom stereocenters. The van der Waals surface area contributed by atoms with Crippen LogP contribution in [0.5, 0.6) is 0 Å². The van der Waals surface area contributed by atoms with E-state index in [-0.39, 0.29) is 18.3 Å². The zero-order chi connectivity index (χ0) is 12.3. The summed E-state index contributed by atoms with van der Waals surface area (Å²) in [5.74, 6) is -0.0205. The van der Waals surface area contributed by atoms with Gasteiger partial charge in [0.05, 0.1) is 0 Å². The molecule has 2 rings (SSSR count). The van der Waals surface area contributed by atoms with Crippen LogP contribution in [-0.4, -0.2) is 25.0 Å². The molecule has 1 amide bonds. The van der Waals surface area contributed by atoms with Crippen LogP contribution in [0.2, 0.25) is 5.02 Å². The molecule has 0 aliphatic carbocycles. The first-order valence-corrected chi connectivity index (χ1v) is 6.32. The Kier molecular flexibility index (Phi) is 5.93. The lowest BCUT2D eigenvalue weighted by molar-refractivity contribution is 0.0949. The summed E-state index contributed by atoms with van der Waals surface area (Å²) in [6.45, 7) is 3.65. The molecule has 0 bridgehead atoms. The van der Waals surface area contributed by atoms with E-state index in [1.165, 1.54) is 6.42 Å². The molecule has 1 unspecified atom stereocenters. The second-order valence-corrected chi connectivity index (χ2v) is 4.90. The average molecular weight is 289 g/mol. The molecular formula is C13H18Cl2N2O. The van der Waals surface area contributed by atoms with E-state index in [4.69, 9.17) is 11.6 Å². The minimum atomic E-state index is -0.0205. The number of carbonyl (C=O) groups is 1. The highest BCUT2D eigenvalue weighted by Crippen LogP contribution is 2.15. The van der Waals surface area contributed by atoms with Gasteiger partial charge in [0.2, 0.25) is 0 Å². The number of nitrogens with one attached hydrogen (secondary N) is 2. The fourth-order valence-electron chi connectivity index (χ4n) is 2.12. The van der Waals surface area contributed by atoms with Crippen molar-refractivity contribution < 1.29 is 4.79 Å². The predicted octanol–water partition coefficient (Wildman–Crippen LogP) is 2.55. The molecule has 3 nitrogen and oxygen atoms in total. The second kappa shape index (κ2) is 6.98. The number of rotatable bonds is 3. The predicted molar refractivity (Wildman–Crippen MR) is 76.8 cm³/mol. The fraction of sp³-hybridized carbons (Fsp3) is 0.462. The Morgan fingerprint density at radius 1 is 1.56 bits per heavy atom. The molecule has 100 valence electrons. The van der Waals surface area contributed by atoms with Crippen molar-refractivity contribution >= 4 is 29.9 Å². The number of aryl methyl sites for hydroxylation is 1. The molecule has 0 spiro atoms. The van der Waals surface area contributed by atoms with Crippen LogP contribution >= 0.6 is 24.0 Å². The maximum atomic E-state index is 12.0. The Hall–Kier alpha value is -0.770. The highest BCUT2D eigenvalue weighted by Gasteiger charge is 2.15. The Labute approximate surface area is 119 Å². The Balaban J connectivity index is 0.00000162. The lowest BCUT2D eigenvalue weighted by Crippen LogP contribution is -2.37. The van der Waals surface area contributed by atoms with E-state index in [1.807, 2.05) is 13.0 Å². The summed E-state index contributed by atoms with van der Waals surface area (Å²) in [5, 5.41) is 6.97. The maximum absolute atomic E-state index is 12.0. The largest absolute Gasteiger partial charge is 0.350 e. The van der Waals surface area contributed by atoms with Gasteiger partial charge in [-0.2, -0.15) is 0 Å². The number of carbonyl (C=O) groups excluding carboxylic acids is 1. The summed E-state index contributed by atoms with van der Waals surface area (Å²) in [7, 11) is 0. The Bertz CT molecular complexity index is 417. The van der Waals surface area contributed by atoms with E-state index in [2.05, 4.69) is 10.6 Å². The van der Waals surface area contributed by atoms with Gasteiger partial charge in [-0.15, -0.1) is 12.4 Å². The van der Waals surface area contributed by atoms with Crippen LogP contribution in [0.1, 0.15) is 28.8 Å². The van der Waals surface area contributed by atoms with E-state index in [0.717, 1.165) is 18.5 Å². The molecular weight excluding hydrogens is 271 g/mol. The highest BCUT2D eigenvalue weighted by atomic mass is 35.5. The van der Waals surface area contributed by atoms with Crippen molar-refractivity contribution in [3.05, 3.63) is 34.3 Å². The van der Waals surface area contributed by atoms with Gasteiger partial charge in [-0.3, -0.25) is 4.79 Å². The molecule has 1 saturated heterocycles. The van der Waals surface area contributed by atoms with Gasteiger partial charge in [0.1, 0.15) is 0 Å². The number of halogens is 2. The van der Waals surface area contributed by atoms with Crippen LogP contribution in [0.15, 0.2) is 18.2 Å². The quantitative estimate of drug-likeness (QED) is 0.898. The number of benzene rings is 1.